The van der Waals surface area contributed by atoms with Crippen LogP contribution in [0.5, 0.6) is 0 Å². The lowest BCUT2D eigenvalue weighted by molar-refractivity contribution is -0.387. The first-order chi connectivity index (χ1) is 7.29. The molecule has 0 unspecified atom stereocenters. The van der Waals surface area contributed by atoms with Crippen LogP contribution in [0.25, 0.3) is 0 Å². The van der Waals surface area contributed by atoms with Gasteiger partial charge in [-0.2, -0.15) is 5.26 Å². The second-order valence-corrected chi connectivity index (χ2v) is 4.37. The van der Waals surface area contributed by atoms with Crippen molar-refractivity contribution in [3.05, 3.63) is 37.8 Å². The van der Waals surface area contributed by atoms with Crippen molar-refractivity contribution >= 4 is 5.69 Å². The number of nitrogens with one attached hydrogen (secondary N) is 1. The standard InChI is InChI=1S/C10H11N3O3/c1-10(2,3)7-6(4-11)5-12-9(14)8(7)13(15)16/h5H,1-3H3,(H,12,14). The zero-order valence-electron chi connectivity index (χ0n) is 9.20. The van der Waals surface area contributed by atoms with E-state index >= 15 is 0 Å². The summed E-state index contributed by atoms with van der Waals surface area (Å²) in [6.07, 6.45) is 1.20. The Morgan fingerprint density at radius 3 is 2.44 bits per heavy atom. The van der Waals surface area contributed by atoms with Gasteiger partial charge in [0, 0.05) is 6.20 Å². The first-order valence-electron chi connectivity index (χ1n) is 4.59. The summed E-state index contributed by atoms with van der Waals surface area (Å²) in [6, 6.07) is 1.85. The number of H-pyrrole nitrogens is 1. The van der Waals surface area contributed by atoms with E-state index in [9.17, 15) is 14.9 Å². The van der Waals surface area contributed by atoms with Gasteiger partial charge in [-0.25, -0.2) is 0 Å². The maximum atomic E-state index is 11.4. The fourth-order valence-corrected chi connectivity index (χ4v) is 1.54. The van der Waals surface area contributed by atoms with Gasteiger partial charge >= 0.3 is 11.2 Å². The van der Waals surface area contributed by atoms with Gasteiger partial charge in [0.2, 0.25) is 0 Å². The predicted molar refractivity (Wildman–Crippen MR) is 57.1 cm³/mol. The summed E-state index contributed by atoms with van der Waals surface area (Å²) in [5.41, 5.74) is -1.68. The number of rotatable bonds is 1. The molecule has 1 aromatic rings. The van der Waals surface area contributed by atoms with E-state index in [4.69, 9.17) is 5.26 Å². The van der Waals surface area contributed by atoms with E-state index in [2.05, 4.69) is 4.98 Å². The molecule has 0 fully saturated rings. The highest BCUT2D eigenvalue weighted by atomic mass is 16.6. The molecule has 0 saturated heterocycles. The van der Waals surface area contributed by atoms with Gasteiger partial charge in [-0.15, -0.1) is 0 Å². The molecular formula is C10H11N3O3. The van der Waals surface area contributed by atoms with E-state index in [1.807, 2.05) is 6.07 Å². The Hall–Kier alpha value is -2.16. The monoisotopic (exact) mass is 221 g/mol. The molecule has 0 saturated carbocycles. The fourth-order valence-electron chi connectivity index (χ4n) is 1.54. The molecule has 84 valence electrons. The third-order valence-electron chi connectivity index (χ3n) is 2.12. The molecule has 0 aromatic carbocycles. The lowest BCUT2D eigenvalue weighted by atomic mass is 9.84. The summed E-state index contributed by atoms with van der Waals surface area (Å²) in [5.74, 6) is 0. The van der Waals surface area contributed by atoms with Crippen molar-refractivity contribution in [2.45, 2.75) is 26.2 Å². The molecule has 6 nitrogen and oxygen atoms in total. The summed E-state index contributed by atoms with van der Waals surface area (Å²) < 4.78 is 0. The van der Waals surface area contributed by atoms with Crippen LogP contribution in [0.3, 0.4) is 0 Å². The number of nitrogens with zero attached hydrogens (tertiary/aromatic N) is 2. The summed E-state index contributed by atoms with van der Waals surface area (Å²) in [6.45, 7) is 5.15. The van der Waals surface area contributed by atoms with Crippen LogP contribution in [0.2, 0.25) is 0 Å². The van der Waals surface area contributed by atoms with Gasteiger partial charge in [-0.1, -0.05) is 20.8 Å². The zero-order chi connectivity index (χ0) is 12.5. The average molecular weight is 221 g/mol. The molecule has 0 aliphatic heterocycles. The van der Waals surface area contributed by atoms with Crippen molar-refractivity contribution in [1.29, 1.82) is 5.26 Å². The molecule has 1 N–H and O–H groups in total. The van der Waals surface area contributed by atoms with E-state index in [1.165, 1.54) is 6.20 Å². The first-order valence-corrected chi connectivity index (χ1v) is 4.59. The van der Waals surface area contributed by atoms with E-state index < -0.39 is 21.6 Å². The van der Waals surface area contributed by atoms with Crippen molar-refractivity contribution in [2.75, 3.05) is 0 Å². The normalized spacial score (nSPS) is 10.9. The highest BCUT2D eigenvalue weighted by molar-refractivity contribution is 5.51. The van der Waals surface area contributed by atoms with Gasteiger partial charge in [0.05, 0.1) is 16.1 Å². The van der Waals surface area contributed by atoms with Crippen LogP contribution in [0.1, 0.15) is 31.9 Å². The SMILES string of the molecule is CC(C)(C)c1c(C#N)c[nH]c(=O)c1[N+](=O)[O-]. The van der Waals surface area contributed by atoms with Crippen LogP contribution in [0.4, 0.5) is 5.69 Å². The van der Waals surface area contributed by atoms with Crippen molar-refractivity contribution in [1.82, 2.24) is 4.98 Å². The molecule has 0 aliphatic carbocycles. The van der Waals surface area contributed by atoms with Crippen LogP contribution in [0.15, 0.2) is 11.0 Å². The number of hydrogen-bond acceptors (Lipinski definition) is 4. The van der Waals surface area contributed by atoms with Gasteiger partial charge in [0.1, 0.15) is 6.07 Å². The molecule has 1 rings (SSSR count). The van der Waals surface area contributed by atoms with E-state index in [0.717, 1.165) is 0 Å². The number of nitriles is 1. The maximum Gasteiger partial charge on any atom is 0.338 e. The fraction of sp³-hybridized carbons (Fsp3) is 0.400. The Labute approximate surface area is 91.7 Å². The summed E-state index contributed by atoms with van der Waals surface area (Å²) in [4.78, 5) is 23.7. The van der Waals surface area contributed by atoms with Crippen molar-refractivity contribution < 1.29 is 4.92 Å². The van der Waals surface area contributed by atoms with Gasteiger partial charge in [0.15, 0.2) is 0 Å². The van der Waals surface area contributed by atoms with Crippen molar-refractivity contribution in [3.63, 3.8) is 0 Å². The van der Waals surface area contributed by atoms with Gasteiger partial charge in [0.25, 0.3) is 0 Å². The Kier molecular flexibility index (Phi) is 2.81. The summed E-state index contributed by atoms with van der Waals surface area (Å²) in [7, 11) is 0. The van der Waals surface area contributed by atoms with Crippen LogP contribution >= 0.6 is 0 Å². The molecule has 1 heterocycles. The third-order valence-corrected chi connectivity index (χ3v) is 2.12. The van der Waals surface area contributed by atoms with Gasteiger partial charge in [-0.05, 0) is 5.41 Å². The quantitative estimate of drug-likeness (QED) is 0.572. The van der Waals surface area contributed by atoms with E-state index in [1.54, 1.807) is 20.8 Å². The predicted octanol–water partition coefficient (Wildman–Crippen LogP) is 1.45. The van der Waals surface area contributed by atoms with Crippen molar-refractivity contribution in [2.24, 2.45) is 0 Å². The topological polar surface area (TPSA) is 99.8 Å². The Balaban J connectivity index is 3.79. The minimum absolute atomic E-state index is 0.124. The van der Waals surface area contributed by atoms with Crippen LogP contribution < -0.4 is 5.56 Å². The molecule has 6 heteroatoms. The minimum atomic E-state index is -0.783. The second-order valence-electron chi connectivity index (χ2n) is 4.37. The largest absolute Gasteiger partial charge is 0.338 e. The van der Waals surface area contributed by atoms with E-state index in [0.29, 0.717) is 0 Å². The lowest BCUT2D eigenvalue weighted by Crippen LogP contribution is -2.23. The lowest BCUT2D eigenvalue weighted by Gasteiger charge is -2.19. The Bertz CT molecular complexity index is 532. The molecule has 0 aliphatic rings. The van der Waals surface area contributed by atoms with Gasteiger partial charge < -0.3 is 4.98 Å². The number of hydrogen-bond donors (Lipinski definition) is 1. The molecule has 0 spiro atoms. The van der Waals surface area contributed by atoms with Crippen LogP contribution in [-0.2, 0) is 5.41 Å². The van der Waals surface area contributed by atoms with Crippen LogP contribution in [0, 0.1) is 21.4 Å². The smallest absolute Gasteiger partial charge is 0.322 e. The number of pyridine rings is 1. The number of aromatic amines is 1. The van der Waals surface area contributed by atoms with E-state index in [-0.39, 0.29) is 11.1 Å². The average Bonchev–Trinajstić information content (AvgIpc) is 2.15. The third kappa shape index (κ3) is 1.93. The van der Waals surface area contributed by atoms with Gasteiger partial charge in [-0.3, -0.25) is 14.9 Å². The molecule has 0 amide bonds. The Morgan fingerprint density at radius 2 is 2.06 bits per heavy atom. The minimum Gasteiger partial charge on any atom is -0.322 e. The molecule has 0 atom stereocenters. The second kappa shape index (κ2) is 3.77. The molecule has 0 radical (unpaired) electrons. The Morgan fingerprint density at radius 1 is 1.50 bits per heavy atom. The molecule has 1 aromatic heterocycles. The van der Waals surface area contributed by atoms with Crippen LogP contribution in [-0.4, -0.2) is 9.91 Å². The van der Waals surface area contributed by atoms with Crippen molar-refractivity contribution in [3.8, 4) is 6.07 Å². The maximum absolute atomic E-state index is 11.4. The molecular weight excluding hydrogens is 210 g/mol. The first kappa shape index (κ1) is 11.9. The number of aromatic nitrogens is 1. The molecule has 16 heavy (non-hydrogen) atoms. The summed E-state index contributed by atoms with van der Waals surface area (Å²) >= 11 is 0. The zero-order valence-corrected chi connectivity index (χ0v) is 9.20. The number of nitro groups is 1. The summed E-state index contributed by atoms with van der Waals surface area (Å²) in [5, 5.41) is 19.7. The molecule has 0 bridgehead atoms. The highest BCUT2D eigenvalue weighted by Crippen LogP contribution is 2.30. The highest BCUT2D eigenvalue weighted by Gasteiger charge is 2.31.